The second-order valence-corrected chi connectivity index (χ2v) is 4.94. The fraction of sp³-hybridized carbons (Fsp3) is 0.125. The lowest BCUT2D eigenvalue weighted by molar-refractivity contribution is 0.174. The van der Waals surface area contributed by atoms with Crippen LogP contribution in [0.15, 0.2) is 42.5 Å². The summed E-state index contributed by atoms with van der Waals surface area (Å²) in [4.78, 5) is 0. The van der Waals surface area contributed by atoms with Crippen molar-refractivity contribution in [2.75, 3.05) is 12.5 Å². The minimum Gasteiger partial charge on any atom is -0.454 e. The average molecular weight is 279 g/mol. The van der Waals surface area contributed by atoms with Crippen molar-refractivity contribution in [3.63, 3.8) is 0 Å². The summed E-state index contributed by atoms with van der Waals surface area (Å²) in [6, 6.07) is 13.8. The Kier molecular flexibility index (Phi) is 2.64. The molecular formula is C16H13N3O2. The van der Waals surface area contributed by atoms with Crippen molar-refractivity contribution >= 4 is 16.6 Å². The van der Waals surface area contributed by atoms with E-state index in [1.165, 1.54) is 0 Å². The molecule has 2 N–H and O–H groups in total. The normalized spacial score (nSPS) is 12.8. The predicted octanol–water partition coefficient (Wildman–Crippen LogP) is 2.53. The van der Waals surface area contributed by atoms with Gasteiger partial charge >= 0.3 is 0 Å². The molecule has 0 saturated carbocycles. The summed E-state index contributed by atoms with van der Waals surface area (Å²) in [6.45, 7) is 0.281. The van der Waals surface area contributed by atoms with Crippen LogP contribution in [0.25, 0.3) is 10.8 Å². The maximum absolute atomic E-state index is 5.88. The molecule has 1 aliphatic rings. The van der Waals surface area contributed by atoms with E-state index < -0.39 is 0 Å². The van der Waals surface area contributed by atoms with Gasteiger partial charge in [-0.3, -0.25) is 0 Å². The van der Waals surface area contributed by atoms with E-state index in [2.05, 4.69) is 10.2 Å². The third kappa shape index (κ3) is 2.03. The molecule has 0 bridgehead atoms. The molecule has 0 amide bonds. The summed E-state index contributed by atoms with van der Waals surface area (Å²) in [5.74, 6) is 2.02. The summed E-state index contributed by atoms with van der Waals surface area (Å²) in [6.07, 6.45) is 0.671. The summed E-state index contributed by atoms with van der Waals surface area (Å²) in [7, 11) is 0. The molecule has 5 nitrogen and oxygen atoms in total. The second-order valence-electron chi connectivity index (χ2n) is 4.94. The van der Waals surface area contributed by atoms with E-state index in [0.717, 1.165) is 33.5 Å². The van der Waals surface area contributed by atoms with E-state index in [4.69, 9.17) is 15.2 Å². The first kappa shape index (κ1) is 12.0. The van der Waals surface area contributed by atoms with Gasteiger partial charge in [0.1, 0.15) is 0 Å². The second kappa shape index (κ2) is 4.63. The quantitative estimate of drug-likeness (QED) is 0.780. The van der Waals surface area contributed by atoms with E-state index >= 15 is 0 Å². The van der Waals surface area contributed by atoms with E-state index in [-0.39, 0.29) is 6.79 Å². The molecule has 0 fully saturated rings. The van der Waals surface area contributed by atoms with Gasteiger partial charge in [0.25, 0.3) is 0 Å². The molecule has 0 atom stereocenters. The first-order chi connectivity index (χ1) is 10.3. The van der Waals surface area contributed by atoms with Crippen molar-refractivity contribution in [1.82, 2.24) is 10.2 Å². The van der Waals surface area contributed by atoms with Gasteiger partial charge in [-0.1, -0.05) is 30.3 Å². The zero-order valence-electron chi connectivity index (χ0n) is 11.2. The highest BCUT2D eigenvalue weighted by Crippen LogP contribution is 2.33. The summed E-state index contributed by atoms with van der Waals surface area (Å²) in [5.41, 5.74) is 7.88. The number of nitrogens with two attached hydrogens (primary N) is 1. The van der Waals surface area contributed by atoms with Gasteiger partial charge < -0.3 is 15.2 Å². The molecule has 2 heterocycles. The van der Waals surface area contributed by atoms with Gasteiger partial charge in [-0.05, 0) is 17.7 Å². The van der Waals surface area contributed by atoms with Crippen LogP contribution < -0.4 is 15.2 Å². The van der Waals surface area contributed by atoms with E-state index in [0.29, 0.717) is 12.2 Å². The lowest BCUT2D eigenvalue weighted by atomic mass is 10.0. The van der Waals surface area contributed by atoms with Crippen molar-refractivity contribution in [2.24, 2.45) is 0 Å². The Labute approximate surface area is 121 Å². The number of rotatable bonds is 2. The highest BCUT2D eigenvalue weighted by molar-refractivity contribution is 5.92. The molecule has 0 radical (unpaired) electrons. The highest BCUT2D eigenvalue weighted by Gasteiger charge is 2.14. The minimum absolute atomic E-state index is 0.281. The number of nitrogens with zero attached hydrogens (tertiary/aromatic N) is 2. The molecule has 21 heavy (non-hydrogen) atoms. The summed E-state index contributed by atoms with van der Waals surface area (Å²) >= 11 is 0. The molecule has 4 rings (SSSR count). The van der Waals surface area contributed by atoms with Crippen LogP contribution >= 0.6 is 0 Å². The van der Waals surface area contributed by atoms with Crippen LogP contribution in [0.3, 0.4) is 0 Å². The largest absolute Gasteiger partial charge is 0.454 e. The fourth-order valence-corrected chi connectivity index (χ4v) is 2.55. The topological polar surface area (TPSA) is 70.3 Å². The van der Waals surface area contributed by atoms with Crippen LogP contribution in [0.2, 0.25) is 0 Å². The van der Waals surface area contributed by atoms with Crippen molar-refractivity contribution in [3.05, 3.63) is 53.7 Å². The van der Waals surface area contributed by atoms with Crippen LogP contribution in [0.1, 0.15) is 11.3 Å². The zero-order valence-corrected chi connectivity index (χ0v) is 11.2. The van der Waals surface area contributed by atoms with Crippen LogP contribution in [0.4, 0.5) is 5.82 Å². The van der Waals surface area contributed by atoms with Gasteiger partial charge in [-0.2, -0.15) is 5.10 Å². The Morgan fingerprint density at radius 3 is 2.67 bits per heavy atom. The number of anilines is 1. The predicted molar refractivity (Wildman–Crippen MR) is 79.3 cm³/mol. The number of aromatic nitrogens is 2. The van der Waals surface area contributed by atoms with Crippen LogP contribution in [-0.2, 0) is 6.42 Å². The lowest BCUT2D eigenvalue weighted by Gasteiger charge is -2.07. The lowest BCUT2D eigenvalue weighted by Crippen LogP contribution is -2.01. The molecule has 104 valence electrons. The number of ether oxygens (including phenoxy) is 2. The van der Waals surface area contributed by atoms with Crippen LogP contribution in [0, 0.1) is 0 Å². The van der Waals surface area contributed by atoms with Gasteiger partial charge in [-0.25, -0.2) is 0 Å². The standard InChI is InChI=1S/C16H13N3O2/c17-16-12-4-2-1-3-11(12)13(18-19-16)7-10-5-6-14-15(8-10)21-9-20-14/h1-6,8H,7,9H2,(H2,17,19). The Balaban J connectivity index is 1.76. The third-order valence-corrected chi connectivity index (χ3v) is 3.60. The monoisotopic (exact) mass is 279 g/mol. The van der Waals surface area contributed by atoms with Gasteiger partial charge in [0.05, 0.1) is 5.69 Å². The number of nitrogen functional groups attached to an aromatic ring is 1. The molecule has 2 aromatic carbocycles. The molecule has 0 unspecified atom stereocenters. The smallest absolute Gasteiger partial charge is 0.231 e. The van der Waals surface area contributed by atoms with Gasteiger partial charge in [0.2, 0.25) is 6.79 Å². The Hall–Kier alpha value is -2.82. The van der Waals surface area contributed by atoms with Crippen LogP contribution in [0.5, 0.6) is 11.5 Å². The minimum atomic E-state index is 0.281. The zero-order chi connectivity index (χ0) is 14.2. The number of hydrogen-bond donors (Lipinski definition) is 1. The summed E-state index contributed by atoms with van der Waals surface area (Å²) in [5, 5.41) is 10.3. The van der Waals surface area contributed by atoms with Gasteiger partial charge in [0, 0.05) is 17.2 Å². The molecular weight excluding hydrogens is 266 g/mol. The Morgan fingerprint density at radius 2 is 1.76 bits per heavy atom. The van der Waals surface area contributed by atoms with Gasteiger partial charge in [0.15, 0.2) is 17.3 Å². The molecule has 0 spiro atoms. The molecule has 0 aliphatic carbocycles. The maximum atomic E-state index is 5.88. The maximum Gasteiger partial charge on any atom is 0.231 e. The van der Waals surface area contributed by atoms with E-state index in [1.54, 1.807) is 0 Å². The molecule has 0 saturated heterocycles. The average Bonchev–Trinajstić information content (AvgIpc) is 2.98. The molecule has 1 aromatic heterocycles. The first-order valence-electron chi connectivity index (χ1n) is 6.69. The fourth-order valence-electron chi connectivity index (χ4n) is 2.55. The Bertz CT molecular complexity index is 833. The SMILES string of the molecule is Nc1nnc(Cc2ccc3c(c2)OCO3)c2ccccc12. The van der Waals surface area contributed by atoms with E-state index in [1.807, 2.05) is 42.5 Å². The molecule has 1 aliphatic heterocycles. The van der Waals surface area contributed by atoms with Gasteiger partial charge in [-0.15, -0.1) is 5.10 Å². The number of benzene rings is 2. The Morgan fingerprint density at radius 1 is 0.952 bits per heavy atom. The van der Waals surface area contributed by atoms with Crippen molar-refractivity contribution in [2.45, 2.75) is 6.42 Å². The number of fused-ring (bicyclic) bond motifs is 2. The summed E-state index contributed by atoms with van der Waals surface area (Å²) < 4.78 is 10.7. The van der Waals surface area contributed by atoms with E-state index in [9.17, 15) is 0 Å². The third-order valence-electron chi connectivity index (χ3n) is 3.60. The first-order valence-corrected chi connectivity index (χ1v) is 6.69. The van der Waals surface area contributed by atoms with Crippen molar-refractivity contribution < 1.29 is 9.47 Å². The number of hydrogen-bond acceptors (Lipinski definition) is 5. The van der Waals surface area contributed by atoms with Crippen molar-refractivity contribution in [3.8, 4) is 11.5 Å². The highest BCUT2D eigenvalue weighted by atomic mass is 16.7. The van der Waals surface area contributed by atoms with Crippen molar-refractivity contribution in [1.29, 1.82) is 0 Å². The molecule has 5 heteroatoms. The van der Waals surface area contributed by atoms with Crippen LogP contribution in [-0.4, -0.2) is 17.0 Å². The molecule has 3 aromatic rings.